The van der Waals surface area contributed by atoms with Gasteiger partial charge in [-0.1, -0.05) is 18.2 Å². The maximum absolute atomic E-state index is 11.9. The summed E-state index contributed by atoms with van der Waals surface area (Å²) in [6, 6.07) is 18.9. The number of rotatable bonds is 6. The van der Waals surface area contributed by atoms with E-state index in [0.29, 0.717) is 12.3 Å². The molecule has 138 valence electrons. The second kappa shape index (κ2) is 8.26. The van der Waals surface area contributed by atoms with Crippen molar-refractivity contribution >= 4 is 16.9 Å². The third kappa shape index (κ3) is 4.29. The zero-order valence-electron chi connectivity index (χ0n) is 15.1. The third-order valence-corrected chi connectivity index (χ3v) is 4.18. The second-order valence-electron chi connectivity index (χ2n) is 6.20. The maximum Gasteiger partial charge on any atom is 0.258 e. The molecule has 0 radical (unpaired) electrons. The Kier molecular flexibility index (Phi) is 5.20. The van der Waals surface area contributed by atoms with E-state index >= 15 is 0 Å². The fraction of sp³-hybridized carbons (Fsp3) is 0.0909. The number of fused-ring (bicyclic) bond motifs is 1. The standard InChI is InChI=1S/C22H18N4O2/c27-22(25-13-16-4-3-11-23-12-16)15-28-18-9-7-17(8-10-18)21-14-24-19-5-1-2-6-20(19)26-21/h1-12,14H,13,15H2,(H,25,27). The molecule has 0 aliphatic carbocycles. The van der Waals surface area contributed by atoms with E-state index in [4.69, 9.17) is 4.74 Å². The van der Waals surface area contributed by atoms with E-state index < -0.39 is 0 Å². The van der Waals surface area contributed by atoms with E-state index in [1.807, 2.05) is 60.7 Å². The Bertz CT molecular complexity index is 1080. The summed E-state index contributed by atoms with van der Waals surface area (Å²) in [5.41, 5.74) is 4.39. The van der Waals surface area contributed by atoms with Crippen molar-refractivity contribution in [2.75, 3.05) is 6.61 Å². The lowest BCUT2D eigenvalue weighted by atomic mass is 10.1. The first-order valence-corrected chi connectivity index (χ1v) is 8.88. The summed E-state index contributed by atoms with van der Waals surface area (Å²) in [6.07, 6.45) is 5.17. The van der Waals surface area contributed by atoms with Crippen molar-refractivity contribution in [1.82, 2.24) is 20.3 Å². The van der Waals surface area contributed by atoms with Gasteiger partial charge in [-0.15, -0.1) is 0 Å². The number of hydrogen-bond donors (Lipinski definition) is 1. The molecule has 1 N–H and O–H groups in total. The number of carbonyl (C=O) groups is 1. The number of ether oxygens (including phenoxy) is 1. The molecule has 28 heavy (non-hydrogen) atoms. The number of amides is 1. The highest BCUT2D eigenvalue weighted by Gasteiger charge is 2.05. The largest absolute Gasteiger partial charge is 0.484 e. The molecule has 0 unspecified atom stereocenters. The Labute approximate surface area is 162 Å². The Morgan fingerprint density at radius 3 is 2.54 bits per heavy atom. The summed E-state index contributed by atoms with van der Waals surface area (Å²) >= 11 is 0. The fourth-order valence-electron chi connectivity index (χ4n) is 2.72. The minimum atomic E-state index is -0.187. The molecule has 6 nitrogen and oxygen atoms in total. The smallest absolute Gasteiger partial charge is 0.258 e. The van der Waals surface area contributed by atoms with Gasteiger partial charge < -0.3 is 10.1 Å². The first kappa shape index (κ1) is 17.6. The van der Waals surface area contributed by atoms with Crippen LogP contribution < -0.4 is 10.1 Å². The molecule has 0 saturated heterocycles. The molecule has 4 rings (SSSR count). The van der Waals surface area contributed by atoms with Crippen LogP contribution in [0.5, 0.6) is 5.75 Å². The highest BCUT2D eigenvalue weighted by Crippen LogP contribution is 2.22. The van der Waals surface area contributed by atoms with Crippen LogP contribution in [0, 0.1) is 0 Å². The summed E-state index contributed by atoms with van der Waals surface area (Å²) in [7, 11) is 0. The van der Waals surface area contributed by atoms with E-state index in [0.717, 1.165) is 27.9 Å². The van der Waals surface area contributed by atoms with Crippen molar-refractivity contribution in [3.63, 3.8) is 0 Å². The number of para-hydroxylation sites is 2. The molecule has 0 bridgehead atoms. The Morgan fingerprint density at radius 2 is 1.75 bits per heavy atom. The minimum Gasteiger partial charge on any atom is -0.484 e. The summed E-state index contributed by atoms with van der Waals surface area (Å²) in [5.74, 6) is 0.433. The average molecular weight is 370 g/mol. The van der Waals surface area contributed by atoms with Crippen molar-refractivity contribution in [2.24, 2.45) is 0 Å². The molecule has 4 aromatic rings. The molecule has 0 fully saturated rings. The minimum absolute atomic E-state index is 0.0462. The van der Waals surface area contributed by atoms with Crippen molar-refractivity contribution < 1.29 is 9.53 Å². The van der Waals surface area contributed by atoms with Crippen LogP contribution >= 0.6 is 0 Å². The summed E-state index contributed by atoms with van der Waals surface area (Å²) < 4.78 is 5.55. The van der Waals surface area contributed by atoms with Gasteiger partial charge in [0.25, 0.3) is 5.91 Å². The SMILES string of the molecule is O=C(COc1ccc(-c2cnc3ccccc3n2)cc1)NCc1cccnc1. The number of nitrogens with one attached hydrogen (secondary N) is 1. The average Bonchev–Trinajstić information content (AvgIpc) is 2.77. The van der Waals surface area contributed by atoms with Gasteiger partial charge in [0, 0.05) is 24.5 Å². The van der Waals surface area contributed by atoms with Gasteiger partial charge in [-0.2, -0.15) is 0 Å². The number of pyridine rings is 1. The van der Waals surface area contributed by atoms with Crippen LogP contribution in [0.4, 0.5) is 0 Å². The zero-order valence-corrected chi connectivity index (χ0v) is 15.1. The molecule has 2 heterocycles. The van der Waals surface area contributed by atoms with Gasteiger partial charge in [0.15, 0.2) is 6.61 Å². The van der Waals surface area contributed by atoms with E-state index in [2.05, 4.69) is 20.3 Å². The van der Waals surface area contributed by atoms with Crippen LogP contribution in [0.1, 0.15) is 5.56 Å². The molecular weight excluding hydrogens is 352 g/mol. The van der Waals surface area contributed by atoms with Crippen molar-refractivity contribution in [2.45, 2.75) is 6.54 Å². The molecular formula is C22H18N4O2. The Hall–Kier alpha value is -3.80. The predicted octanol–water partition coefficient (Wildman–Crippen LogP) is 3.39. The van der Waals surface area contributed by atoms with Gasteiger partial charge in [-0.25, -0.2) is 4.98 Å². The second-order valence-corrected chi connectivity index (χ2v) is 6.20. The molecule has 0 aliphatic heterocycles. The molecule has 2 aromatic carbocycles. The summed E-state index contributed by atoms with van der Waals surface area (Å²) in [4.78, 5) is 25.0. The monoisotopic (exact) mass is 370 g/mol. The molecule has 0 saturated carbocycles. The van der Waals surface area contributed by atoms with E-state index in [1.54, 1.807) is 18.6 Å². The van der Waals surface area contributed by atoms with Crippen molar-refractivity contribution in [3.8, 4) is 17.0 Å². The lowest BCUT2D eigenvalue weighted by Gasteiger charge is -2.08. The van der Waals surface area contributed by atoms with E-state index in [1.165, 1.54) is 0 Å². The number of benzene rings is 2. The number of carbonyl (C=O) groups excluding carboxylic acids is 1. The molecule has 2 aromatic heterocycles. The van der Waals surface area contributed by atoms with Gasteiger partial charge in [0.2, 0.25) is 0 Å². The van der Waals surface area contributed by atoms with Gasteiger partial charge >= 0.3 is 0 Å². The fourth-order valence-corrected chi connectivity index (χ4v) is 2.72. The highest BCUT2D eigenvalue weighted by atomic mass is 16.5. The first-order valence-electron chi connectivity index (χ1n) is 8.88. The van der Waals surface area contributed by atoms with E-state index in [9.17, 15) is 4.79 Å². The number of hydrogen-bond acceptors (Lipinski definition) is 5. The summed E-state index contributed by atoms with van der Waals surface area (Å²) in [5, 5.41) is 2.80. The van der Waals surface area contributed by atoms with Gasteiger partial charge in [-0.05, 0) is 48.0 Å². The van der Waals surface area contributed by atoms with Gasteiger partial charge in [0.05, 0.1) is 22.9 Å². The Morgan fingerprint density at radius 1 is 0.929 bits per heavy atom. The first-order chi connectivity index (χ1) is 13.8. The highest BCUT2D eigenvalue weighted by molar-refractivity contribution is 5.78. The van der Waals surface area contributed by atoms with Crippen LogP contribution in [0.2, 0.25) is 0 Å². The predicted molar refractivity (Wildman–Crippen MR) is 107 cm³/mol. The van der Waals surface area contributed by atoms with Crippen molar-refractivity contribution in [1.29, 1.82) is 0 Å². The quantitative estimate of drug-likeness (QED) is 0.563. The molecule has 0 spiro atoms. The van der Waals surface area contributed by atoms with Gasteiger partial charge in [-0.3, -0.25) is 14.8 Å². The number of aromatic nitrogens is 3. The van der Waals surface area contributed by atoms with Crippen LogP contribution in [0.25, 0.3) is 22.3 Å². The topological polar surface area (TPSA) is 77.0 Å². The molecule has 0 atom stereocenters. The van der Waals surface area contributed by atoms with Crippen LogP contribution in [0.3, 0.4) is 0 Å². The number of nitrogens with zero attached hydrogens (tertiary/aromatic N) is 3. The van der Waals surface area contributed by atoms with Crippen LogP contribution in [0.15, 0.2) is 79.3 Å². The summed E-state index contributed by atoms with van der Waals surface area (Å²) in [6.45, 7) is 0.380. The molecule has 0 aliphatic rings. The Balaban J connectivity index is 1.34. The lowest BCUT2D eigenvalue weighted by molar-refractivity contribution is -0.123. The molecule has 1 amide bonds. The van der Waals surface area contributed by atoms with Crippen LogP contribution in [-0.2, 0) is 11.3 Å². The maximum atomic E-state index is 11.9. The third-order valence-electron chi connectivity index (χ3n) is 4.18. The molecule has 6 heteroatoms. The van der Waals surface area contributed by atoms with Gasteiger partial charge in [0.1, 0.15) is 5.75 Å². The normalized spacial score (nSPS) is 10.6. The zero-order chi connectivity index (χ0) is 19.2. The van der Waals surface area contributed by atoms with E-state index in [-0.39, 0.29) is 12.5 Å². The lowest BCUT2D eigenvalue weighted by Crippen LogP contribution is -2.28. The van der Waals surface area contributed by atoms with Crippen LogP contribution in [-0.4, -0.2) is 27.5 Å². The van der Waals surface area contributed by atoms with Crippen molar-refractivity contribution in [3.05, 3.63) is 84.8 Å².